The van der Waals surface area contributed by atoms with E-state index >= 15 is 0 Å². The molecule has 3 atom stereocenters. The molecule has 0 bridgehead atoms. The van der Waals surface area contributed by atoms with Crippen molar-refractivity contribution in [1.82, 2.24) is 0 Å². The molecule has 110 valence electrons. The highest BCUT2D eigenvalue weighted by Gasteiger charge is 2.62. The molecule has 0 aromatic rings. The lowest BCUT2D eigenvalue weighted by atomic mass is 10.1. The van der Waals surface area contributed by atoms with Crippen LogP contribution < -0.4 is 0 Å². The molecule has 20 heavy (non-hydrogen) atoms. The van der Waals surface area contributed by atoms with Gasteiger partial charge in [0.15, 0.2) is 0 Å². The Kier molecular flexibility index (Phi) is 5.68. The van der Waals surface area contributed by atoms with Crippen LogP contribution in [0.4, 0.5) is 4.39 Å². The minimum Gasteiger partial charge on any atom is -0.441 e. The Bertz CT molecular complexity index is 485. The molecule has 1 saturated carbocycles. The number of allylic oxidation sites excluding steroid dienone is 2. The highest BCUT2D eigenvalue weighted by atomic mass is 35.5. The minimum absolute atomic E-state index is 0.101. The molecule has 0 aromatic heterocycles. The van der Waals surface area contributed by atoms with Crippen molar-refractivity contribution in [2.24, 2.45) is 17.3 Å². The Morgan fingerprint density at radius 1 is 1.55 bits per heavy atom. The number of terminal acetylenes is 1. The molecule has 0 amide bonds. The highest BCUT2D eigenvalue weighted by Crippen LogP contribution is 2.60. The predicted molar refractivity (Wildman–Crippen MR) is 78.7 cm³/mol. The summed E-state index contributed by atoms with van der Waals surface area (Å²) in [5.74, 6) is 0.430. The minimum atomic E-state index is -1.27. The summed E-state index contributed by atoms with van der Waals surface area (Å²) in [4.78, 5) is 12.1. The second-order valence-electron chi connectivity index (χ2n) is 5.26. The second-order valence-corrected chi connectivity index (χ2v) is 6.27. The summed E-state index contributed by atoms with van der Waals surface area (Å²) in [5, 5.41) is 0. The third-order valence-corrected chi connectivity index (χ3v) is 3.76. The predicted octanol–water partition coefficient (Wildman–Crippen LogP) is 4.39. The van der Waals surface area contributed by atoms with E-state index in [0.717, 1.165) is 0 Å². The Labute approximate surface area is 129 Å². The van der Waals surface area contributed by atoms with Gasteiger partial charge >= 0.3 is 5.97 Å². The first kappa shape index (κ1) is 17.1. The molecule has 1 fully saturated rings. The zero-order chi connectivity index (χ0) is 15.5. The number of rotatable bonds is 5. The molecule has 0 heterocycles. The highest BCUT2D eigenvalue weighted by molar-refractivity contribution is 6.55. The summed E-state index contributed by atoms with van der Waals surface area (Å²) in [5.41, 5.74) is -0.323. The fourth-order valence-electron chi connectivity index (χ4n) is 2.24. The van der Waals surface area contributed by atoms with Crippen LogP contribution in [-0.4, -0.2) is 12.1 Å². The normalized spacial score (nSPS) is 25.4. The van der Waals surface area contributed by atoms with Crippen LogP contribution in [0.3, 0.4) is 0 Å². The number of ether oxygens (including phenoxy) is 1. The number of hydrogen-bond acceptors (Lipinski definition) is 2. The maximum absolute atomic E-state index is 13.6. The average molecular weight is 319 g/mol. The number of hydrogen-bond donors (Lipinski definition) is 0. The van der Waals surface area contributed by atoms with Gasteiger partial charge in [0.2, 0.25) is 6.10 Å². The van der Waals surface area contributed by atoms with Gasteiger partial charge in [-0.05, 0) is 29.9 Å². The summed E-state index contributed by atoms with van der Waals surface area (Å²) in [6.07, 6.45) is 7.29. The lowest BCUT2D eigenvalue weighted by molar-refractivity contribution is -0.148. The van der Waals surface area contributed by atoms with Gasteiger partial charge in [0, 0.05) is 0 Å². The van der Waals surface area contributed by atoms with E-state index in [1.807, 2.05) is 13.8 Å². The fraction of sp³-hybridized carbons (Fsp3) is 0.533. The van der Waals surface area contributed by atoms with Gasteiger partial charge in [-0.1, -0.05) is 49.9 Å². The largest absolute Gasteiger partial charge is 0.441 e. The molecule has 1 aliphatic carbocycles. The number of carbonyl (C=O) groups is 1. The smallest absolute Gasteiger partial charge is 0.311 e. The SMILES string of the molecule is C#CC(OC(=O)C1C(C=C(Cl)Cl)C1(C)C)C(F)=CCC. The maximum atomic E-state index is 13.6. The summed E-state index contributed by atoms with van der Waals surface area (Å²) >= 11 is 11.2. The van der Waals surface area contributed by atoms with Gasteiger partial charge in [-0.3, -0.25) is 4.79 Å². The van der Waals surface area contributed by atoms with Crippen LogP contribution in [0, 0.1) is 29.6 Å². The van der Waals surface area contributed by atoms with Crippen molar-refractivity contribution in [3.63, 3.8) is 0 Å². The quantitative estimate of drug-likeness (QED) is 0.555. The van der Waals surface area contributed by atoms with Gasteiger partial charge in [0.25, 0.3) is 0 Å². The first-order valence-electron chi connectivity index (χ1n) is 6.30. The Hall–Kier alpha value is -0.980. The van der Waals surface area contributed by atoms with Gasteiger partial charge in [-0.2, -0.15) is 0 Å². The van der Waals surface area contributed by atoms with E-state index in [1.165, 1.54) is 6.08 Å². The van der Waals surface area contributed by atoms with Crippen LogP contribution in [-0.2, 0) is 9.53 Å². The van der Waals surface area contributed by atoms with Gasteiger partial charge in [0.05, 0.1) is 5.92 Å². The van der Waals surface area contributed by atoms with Crippen molar-refractivity contribution >= 4 is 29.2 Å². The number of carbonyl (C=O) groups excluding carboxylic acids is 1. The molecule has 5 heteroatoms. The zero-order valence-corrected chi connectivity index (χ0v) is 13.1. The van der Waals surface area contributed by atoms with Gasteiger partial charge in [0.1, 0.15) is 10.3 Å². The van der Waals surface area contributed by atoms with Crippen LogP contribution in [0.25, 0.3) is 0 Å². The Morgan fingerprint density at radius 3 is 2.60 bits per heavy atom. The molecule has 0 radical (unpaired) electrons. The van der Waals surface area contributed by atoms with E-state index < -0.39 is 23.8 Å². The molecule has 1 rings (SSSR count). The lowest BCUT2D eigenvalue weighted by Gasteiger charge is -2.11. The van der Waals surface area contributed by atoms with E-state index in [0.29, 0.717) is 6.42 Å². The lowest BCUT2D eigenvalue weighted by Crippen LogP contribution is -2.20. The standard InChI is InChI=1S/C15H17Cl2FO2/c1-5-7-10(18)11(6-2)20-14(19)13-9(8-12(16)17)15(13,3)4/h2,7-9,11,13H,5H2,1,3-4H3. The van der Waals surface area contributed by atoms with Crippen LogP contribution in [0.15, 0.2) is 22.5 Å². The van der Waals surface area contributed by atoms with Crippen molar-refractivity contribution in [2.45, 2.75) is 33.3 Å². The topological polar surface area (TPSA) is 26.3 Å². The first-order chi connectivity index (χ1) is 9.25. The second kappa shape index (κ2) is 6.65. The van der Waals surface area contributed by atoms with Crippen molar-refractivity contribution in [3.8, 4) is 12.3 Å². The molecule has 1 aliphatic rings. The summed E-state index contributed by atoms with van der Waals surface area (Å²) in [6, 6.07) is 0. The monoisotopic (exact) mass is 318 g/mol. The van der Waals surface area contributed by atoms with Gasteiger partial charge in [-0.25, -0.2) is 4.39 Å². The number of halogens is 3. The summed E-state index contributed by atoms with van der Waals surface area (Å²) in [6.45, 7) is 5.54. The van der Waals surface area contributed by atoms with Crippen molar-refractivity contribution in [2.75, 3.05) is 0 Å². The van der Waals surface area contributed by atoms with E-state index in [9.17, 15) is 9.18 Å². The Balaban J connectivity index is 2.76. The first-order valence-corrected chi connectivity index (χ1v) is 7.06. The van der Waals surface area contributed by atoms with E-state index in [1.54, 1.807) is 13.0 Å². The fourth-order valence-corrected chi connectivity index (χ4v) is 2.51. The third-order valence-electron chi connectivity index (χ3n) is 3.51. The molecular weight excluding hydrogens is 302 g/mol. The molecule has 0 spiro atoms. The Morgan fingerprint density at radius 2 is 2.15 bits per heavy atom. The van der Waals surface area contributed by atoms with E-state index in [2.05, 4.69) is 5.92 Å². The zero-order valence-electron chi connectivity index (χ0n) is 11.6. The number of esters is 1. The maximum Gasteiger partial charge on any atom is 0.311 e. The third kappa shape index (κ3) is 3.77. The van der Waals surface area contributed by atoms with Crippen LogP contribution in [0.2, 0.25) is 0 Å². The summed E-state index contributed by atoms with van der Waals surface area (Å²) < 4.78 is 18.8. The van der Waals surface area contributed by atoms with Gasteiger partial charge < -0.3 is 4.74 Å². The van der Waals surface area contributed by atoms with Crippen LogP contribution >= 0.6 is 23.2 Å². The van der Waals surface area contributed by atoms with E-state index in [-0.39, 0.29) is 15.8 Å². The molecule has 2 nitrogen and oxygen atoms in total. The van der Waals surface area contributed by atoms with Crippen LogP contribution in [0.5, 0.6) is 0 Å². The molecular formula is C15H17Cl2FO2. The van der Waals surface area contributed by atoms with E-state index in [4.69, 9.17) is 34.4 Å². The van der Waals surface area contributed by atoms with Crippen molar-refractivity contribution < 1.29 is 13.9 Å². The molecule has 0 saturated heterocycles. The van der Waals surface area contributed by atoms with Gasteiger partial charge in [-0.15, -0.1) is 6.42 Å². The van der Waals surface area contributed by atoms with Crippen LogP contribution in [0.1, 0.15) is 27.2 Å². The average Bonchev–Trinajstić information content (AvgIpc) is 2.86. The van der Waals surface area contributed by atoms with Crippen molar-refractivity contribution in [3.05, 3.63) is 22.5 Å². The molecule has 0 aromatic carbocycles. The van der Waals surface area contributed by atoms with Crippen molar-refractivity contribution in [1.29, 1.82) is 0 Å². The summed E-state index contributed by atoms with van der Waals surface area (Å²) in [7, 11) is 0. The molecule has 0 aliphatic heterocycles. The molecule has 3 unspecified atom stereocenters. The molecule has 0 N–H and O–H groups in total.